The zero-order chi connectivity index (χ0) is 14.8. The van der Waals surface area contributed by atoms with Gasteiger partial charge in [0.1, 0.15) is 18.0 Å². The number of benzene rings is 1. The van der Waals surface area contributed by atoms with Crippen LogP contribution in [0.15, 0.2) is 42.9 Å². The van der Waals surface area contributed by atoms with Crippen LogP contribution in [0.25, 0.3) is 10.9 Å². The molecule has 3 N–H and O–H groups in total. The van der Waals surface area contributed by atoms with Crippen LogP contribution in [0.3, 0.4) is 0 Å². The first kappa shape index (κ1) is 13.3. The SMILES string of the molecule is CC(C)c1c(N)ncnc1Nc1ccc2ncccc2c1. The average molecular weight is 279 g/mol. The lowest BCUT2D eigenvalue weighted by molar-refractivity contribution is 0.855. The van der Waals surface area contributed by atoms with Gasteiger partial charge in [0.2, 0.25) is 0 Å². The highest BCUT2D eigenvalue weighted by atomic mass is 15.0. The number of anilines is 3. The Morgan fingerprint density at radius 2 is 1.95 bits per heavy atom. The third-order valence-electron chi connectivity index (χ3n) is 3.36. The van der Waals surface area contributed by atoms with Crippen LogP contribution in [0, 0.1) is 0 Å². The number of pyridine rings is 1. The largest absolute Gasteiger partial charge is 0.383 e. The van der Waals surface area contributed by atoms with Gasteiger partial charge in [-0.3, -0.25) is 4.98 Å². The molecule has 3 aromatic rings. The first-order valence-electron chi connectivity index (χ1n) is 6.87. The van der Waals surface area contributed by atoms with Gasteiger partial charge in [-0.2, -0.15) is 0 Å². The molecule has 0 spiro atoms. The molecule has 0 saturated heterocycles. The van der Waals surface area contributed by atoms with Gasteiger partial charge in [-0.05, 0) is 30.2 Å². The predicted octanol–water partition coefficient (Wildman–Crippen LogP) is 3.47. The van der Waals surface area contributed by atoms with Gasteiger partial charge < -0.3 is 11.1 Å². The van der Waals surface area contributed by atoms with Crippen molar-refractivity contribution in [3.05, 3.63) is 48.4 Å². The first-order valence-corrected chi connectivity index (χ1v) is 6.87. The number of fused-ring (bicyclic) bond motifs is 1. The Morgan fingerprint density at radius 1 is 1.10 bits per heavy atom. The van der Waals surface area contributed by atoms with E-state index in [2.05, 4.69) is 34.1 Å². The van der Waals surface area contributed by atoms with E-state index in [-0.39, 0.29) is 5.92 Å². The first-order chi connectivity index (χ1) is 10.1. The minimum atomic E-state index is 0.246. The molecule has 0 unspecified atom stereocenters. The maximum absolute atomic E-state index is 5.97. The number of aromatic nitrogens is 3. The molecule has 0 fully saturated rings. The number of nitrogen functional groups attached to an aromatic ring is 1. The number of nitrogens with zero attached hydrogens (tertiary/aromatic N) is 3. The molecule has 0 aliphatic heterocycles. The number of hydrogen-bond donors (Lipinski definition) is 2. The fourth-order valence-electron chi connectivity index (χ4n) is 2.37. The van der Waals surface area contributed by atoms with E-state index in [1.807, 2.05) is 30.3 Å². The summed E-state index contributed by atoms with van der Waals surface area (Å²) in [6.07, 6.45) is 3.27. The highest BCUT2D eigenvalue weighted by molar-refractivity contribution is 5.83. The van der Waals surface area contributed by atoms with Crippen molar-refractivity contribution in [2.24, 2.45) is 0 Å². The molecule has 5 nitrogen and oxygen atoms in total. The van der Waals surface area contributed by atoms with E-state index in [0.717, 1.165) is 28.0 Å². The Labute approximate surface area is 123 Å². The Kier molecular flexibility index (Phi) is 3.39. The minimum Gasteiger partial charge on any atom is -0.383 e. The zero-order valence-corrected chi connectivity index (χ0v) is 12.0. The number of nitrogens with two attached hydrogens (primary N) is 1. The van der Waals surface area contributed by atoms with Crippen LogP contribution >= 0.6 is 0 Å². The Morgan fingerprint density at radius 3 is 2.76 bits per heavy atom. The van der Waals surface area contributed by atoms with Gasteiger partial charge in [0, 0.05) is 22.8 Å². The van der Waals surface area contributed by atoms with Gasteiger partial charge in [-0.25, -0.2) is 9.97 Å². The van der Waals surface area contributed by atoms with Crippen LogP contribution in [0.2, 0.25) is 0 Å². The number of hydrogen-bond acceptors (Lipinski definition) is 5. The summed E-state index contributed by atoms with van der Waals surface area (Å²) in [5, 5.41) is 4.41. The molecule has 106 valence electrons. The van der Waals surface area contributed by atoms with Crippen LogP contribution in [0.1, 0.15) is 25.3 Å². The van der Waals surface area contributed by atoms with E-state index in [1.54, 1.807) is 6.20 Å². The summed E-state index contributed by atoms with van der Waals surface area (Å²) in [7, 11) is 0. The van der Waals surface area contributed by atoms with Crippen LogP contribution in [0.4, 0.5) is 17.3 Å². The average Bonchev–Trinajstić information content (AvgIpc) is 2.47. The molecule has 3 rings (SSSR count). The quantitative estimate of drug-likeness (QED) is 0.767. The van der Waals surface area contributed by atoms with Crippen LogP contribution in [-0.2, 0) is 0 Å². The lowest BCUT2D eigenvalue weighted by atomic mass is 10.0. The van der Waals surface area contributed by atoms with Gasteiger partial charge in [0.15, 0.2) is 0 Å². The summed E-state index contributed by atoms with van der Waals surface area (Å²) in [6.45, 7) is 4.15. The van der Waals surface area contributed by atoms with Crippen molar-refractivity contribution in [3.63, 3.8) is 0 Å². The van der Waals surface area contributed by atoms with E-state index in [0.29, 0.717) is 5.82 Å². The van der Waals surface area contributed by atoms with Gasteiger partial charge in [0.25, 0.3) is 0 Å². The molecule has 2 aromatic heterocycles. The van der Waals surface area contributed by atoms with E-state index >= 15 is 0 Å². The van der Waals surface area contributed by atoms with E-state index < -0.39 is 0 Å². The molecule has 0 atom stereocenters. The van der Waals surface area contributed by atoms with Gasteiger partial charge in [0.05, 0.1) is 5.52 Å². The molecule has 0 aliphatic carbocycles. The van der Waals surface area contributed by atoms with Crippen molar-refractivity contribution in [1.82, 2.24) is 15.0 Å². The molecule has 5 heteroatoms. The lowest BCUT2D eigenvalue weighted by Gasteiger charge is -2.15. The Hall–Kier alpha value is -2.69. The predicted molar refractivity (Wildman–Crippen MR) is 85.6 cm³/mol. The maximum atomic E-state index is 5.97. The topological polar surface area (TPSA) is 76.7 Å². The third kappa shape index (κ3) is 2.63. The minimum absolute atomic E-state index is 0.246. The molecular weight excluding hydrogens is 262 g/mol. The van der Waals surface area contributed by atoms with Crippen molar-refractivity contribution in [2.45, 2.75) is 19.8 Å². The third-order valence-corrected chi connectivity index (χ3v) is 3.36. The highest BCUT2D eigenvalue weighted by Gasteiger charge is 2.13. The highest BCUT2D eigenvalue weighted by Crippen LogP contribution is 2.29. The van der Waals surface area contributed by atoms with Crippen LogP contribution < -0.4 is 11.1 Å². The van der Waals surface area contributed by atoms with Gasteiger partial charge >= 0.3 is 0 Å². The van der Waals surface area contributed by atoms with Crippen molar-refractivity contribution in [1.29, 1.82) is 0 Å². The van der Waals surface area contributed by atoms with Gasteiger partial charge in [-0.15, -0.1) is 0 Å². The second-order valence-corrected chi connectivity index (χ2v) is 5.21. The summed E-state index contributed by atoms with van der Waals surface area (Å²) in [6, 6.07) is 9.97. The van der Waals surface area contributed by atoms with Crippen molar-refractivity contribution < 1.29 is 0 Å². The molecular formula is C16H17N5. The second-order valence-electron chi connectivity index (χ2n) is 5.21. The molecule has 1 aromatic carbocycles. The summed E-state index contributed by atoms with van der Waals surface area (Å²) >= 11 is 0. The summed E-state index contributed by atoms with van der Waals surface area (Å²) in [5.41, 5.74) is 8.82. The number of rotatable bonds is 3. The normalized spacial score (nSPS) is 11.0. The standard InChI is InChI=1S/C16H17N5/c1-10(2)14-15(17)19-9-20-16(14)21-12-5-6-13-11(8-12)4-3-7-18-13/h3-10H,1-2H3,(H3,17,19,20,21). The molecule has 0 saturated carbocycles. The molecule has 0 bridgehead atoms. The van der Waals surface area contributed by atoms with E-state index in [1.165, 1.54) is 6.33 Å². The van der Waals surface area contributed by atoms with Crippen LogP contribution in [0.5, 0.6) is 0 Å². The van der Waals surface area contributed by atoms with Crippen molar-refractivity contribution >= 4 is 28.2 Å². The molecule has 0 aliphatic rings. The monoisotopic (exact) mass is 279 g/mol. The smallest absolute Gasteiger partial charge is 0.139 e. The second kappa shape index (κ2) is 5.36. The zero-order valence-electron chi connectivity index (χ0n) is 12.0. The molecule has 21 heavy (non-hydrogen) atoms. The lowest BCUT2D eigenvalue weighted by Crippen LogP contribution is -2.06. The Balaban J connectivity index is 2.00. The summed E-state index contributed by atoms with van der Waals surface area (Å²) in [5.74, 6) is 1.52. The fourth-order valence-corrected chi connectivity index (χ4v) is 2.37. The molecule has 0 radical (unpaired) electrons. The Bertz CT molecular complexity index is 782. The molecule has 2 heterocycles. The summed E-state index contributed by atoms with van der Waals surface area (Å²) < 4.78 is 0. The maximum Gasteiger partial charge on any atom is 0.139 e. The van der Waals surface area contributed by atoms with Crippen LogP contribution in [-0.4, -0.2) is 15.0 Å². The fraction of sp³-hybridized carbons (Fsp3) is 0.188. The number of nitrogens with one attached hydrogen (secondary N) is 1. The van der Waals surface area contributed by atoms with Crippen molar-refractivity contribution in [3.8, 4) is 0 Å². The summed E-state index contributed by atoms with van der Waals surface area (Å²) in [4.78, 5) is 12.7. The molecule has 0 amide bonds. The van der Waals surface area contributed by atoms with E-state index in [9.17, 15) is 0 Å². The van der Waals surface area contributed by atoms with E-state index in [4.69, 9.17) is 5.73 Å². The van der Waals surface area contributed by atoms with Crippen molar-refractivity contribution in [2.75, 3.05) is 11.1 Å². The van der Waals surface area contributed by atoms with Gasteiger partial charge in [-0.1, -0.05) is 19.9 Å².